The predicted octanol–water partition coefficient (Wildman–Crippen LogP) is 3.02. The summed E-state index contributed by atoms with van der Waals surface area (Å²) in [6.45, 7) is 0. The van der Waals surface area contributed by atoms with E-state index in [1.54, 1.807) is 12.3 Å². The van der Waals surface area contributed by atoms with Gasteiger partial charge in [-0.3, -0.25) is 19.6 Å². The van der Waals surface area contributed by atoms with Crippen LogP contribution < -0.4 is 10.4 Å². The standard InChI is InChI=1S/C20H13F3N10O3S/c1-32-9-11(6-26-32)17(34)33(36-18(35)20(21,22)23)15-8-24-7-14(28-15)16-30-31-19(37-16)27-12-2-3-13-10(4-12)5-25-29-13/h2-9H,1H3,(H,25,29)(H,27,31). The second kappa shape index (κ2) is 9.26. The van der Waals surface area contributed by atoms with Crippen LogP contribution in [-0.2, 0) is 16.7 Å². The number of aromatic amines is 1. The van der Waals surface area contributed by atoms with E-state index >= 15 is 0 Å². The molecule has 1 aromatic carbocycles. The molecule has 37 heavy (non-hydrogen) atoms. The van der Waals surface area contributed by atoms with Gasteiger partial charge in [0.15, 0.2) is 10.8 Å². The fourth-order valence-electron chi connectivity index (χ4n) is 3.05. The number of nitrogens with zero attached hydrogens (tertiary/aromatic N) is 8. The lowest BCUT2D eigenvalue weighted by atomic mass is 10.2. The minimum Gasteiger partial charge on any atom is -0.330 e. The Bertz CT molecular complexity index is 1610. The monoisotopic (exact) mass is 530 g/mol. The van der Waals surface area contributed by atoms with Gasteiger partial charge >= 0.3 is 12.1 Å². The summed E-state index contributed by atoms with van der Waals surface area (Å²) in [6, 6.07) is 5.48. The van der Waals surface area contributed by atoms with Crippen molar-refractivity contribution in [3.8, 4) is 10.7 Å². The highest BCUT2D eigenvalue weighted by atomic mass is 32.1. The van der Waals surface area contributed by atoms with Gasteiger partial charge in [0.1, 0.15) is 5.69 Å². The Hall–Kier alpha value is -4.93. The van der Waals surface area contributed by atoms with E-state index < -0.39 is 23.9 Å². The van der Waals surface area contributed by atoms with E-state index in [1.165, 1.54) is 24.1 Å². The summed E-state index contributed by atoms with van der Waals surface area (Å²) in [5.41, 5.74) is 1.48. The van der Waals surface area contributed by atoms with Gasteiger partial charge in [-0.2, -0.15) is 23.4 Å². The van der Waals surface area contributed by atoms with Crippen molar-refractivity contribution >= 4 is 50.8 Å². The summed E-state index contributed by atoms with van der Waals surface area (Å²) in [5.74, 6) is -4.22. The number of amides is 1. The van der Waals surface area contributed by atoms with Gasteiger partial charge in [-0.1, -0.05) is 11.3 Å². The normalized spacial score (nSPS) is 11.5. The van der Waals surface area contributed by atoms with Crippen molar-refractivity contribution in [3.05, 3.63) is 54.7 Å². The average molecular weight is 530 g/mol. The lowest BCUT2D eigenvalue weighted by Crippen LogP contribution is -2.39. The van der Waals surface area contributed by atoms with Crippen LogP contribution in [0.2, 0.25) is 0 Å². The number of fused-ring (bicyclic) bond motifs is 1. The van der Waals surface area contributed by atoms with Gasteiger partial charge < -0.3 is 10.2 Å². The van der Waals surface area contributed by atoms with Gasteiger partial charge in [-0.25, -0.2) is 9.78 Å². The SMILES string of the molecule is Cn1cc(C(=O)N(OC(=O)C(F)(F)F)c2cncc(-c3nnc(Nc4ccc5[nH]ncc5c4)s3)n2)cn1. The third-order valence-corrected chi connectivity index (χ3v) is 5.57. The molecule has 0 saturated heterocycles. The number of halogens is 3. The van der Waals surface area contributed by atoms with Gasteiger partial charge in [0.2, 0.25) is 5.13 Å². The Morgan fingerprint density at radius 1 is 1.16 bits per heavy atom. The molecule has 5 rings (SSSR count). The second-order valence-electron chi connectivity index (χ2n) is 7.35. The number of H-pyrrole nitrogens is 1. The van der Waals surface area contributed by atoms with Gasteiger partial charge in [-0.15, -0.1) is 15.3 Å². The highest BCUT2D eigenvalue weighted by Gasteiger charge is 2.44. The molecule has 0 unspecified atom stereocenters. The van der Waals surface area contributed by atoms with E-state index in [1.807, 2.05) is 12.1 Å². The molecular formula is C20H13F3N10O3S. The zero-order chi connectivity index (χ0) is 26.2. The van der Waals surface area contributed by atoms with Crippen LogP contribution in [-0.4, -0.2) is 58.2 Å². The van der Waals surface area contributed by atoms with Crippen LogP contribution in [0.25, 0.3) is 21.6 Å². The Morgan fingerprint density at radius 3 is 2.76 bits per heavy atom. The molecular weight excluding hydrogens is 517 g/mol. The lowest BCUT2D eigenvalue weighted by Gasteiger charge is -2.20. The van der Waals surface area contributed by atoms with E-state index in [-0.39, 0.29) is 21.3 Å². The Balaban J connectivity index is 1.42. The van der Waals surface area contributed by atoms with Crippen molar-refractivity contribution in [2.24, 2.45) is 7.05 Å². The minimum absolute atomic E-state index is 0.0698. The van der Waals surface area contributed by atoms with E-state index in [2.05, 4.69) is 45.6 Å². The largest absolute Gasteiger partial charge is 0.493 e. The smallest absolute Gasteiger partial charge is 0.330 e. The predicted molar refractivity (Wildman–Crippen MR) is 122 cm³/mol. The molecule has 0 saturated carbocycles. The molecule has 0 aliphatic heterocycles. The van der Waals surface area contributed by atoms with Crippen LogP contribution in [0, 0.1) is 0 Å². The molecule has 0 aliphatic rings. The highest BCUT2D eigenvalue weighted by molar-refractivity contribution is 7.18. The first-order valence-electron chi connectivity index (χ1n) is 10.2. The molecule has 17 heteroatoms. The van der Waals surface area contributed by atoms with Gasteiger partial charge in [0.25, 0.3) is 5.91 Å². The molecule has 0 bridgehead atoms. The number of hydroxylamine groups is 1. The zero-order valence-electron chi connectivity index (χ0n) is 18.5. The highest BCUT2D eigenvalue weighted by Crippen LogP contribution is 2.29. The Kier molecular flexibility index (Phi) is 5.96. The van der Waals surface area contributed by atoms with Gasteiger partial charge in [0.05, 0.1) is 35.9 Å². The quantitative estimate of drug-likeness (QED) is 0.324. The maximum absolute atomic E-state index is 12.9. The summed E-state index contributed by atoms with van der Waals surface area (Å²) in [4.78, 5) is 36.8. The number of aromatic nitrogens is 8. The number of aryl methyl sites for hydroxylation is 1. The molecule has 188 valence electrons. The molecule has 0 radical (unpaired) electrons. The summed E-state index contributed by atoms with van der Waals surface area (Å²) in [6.07, 6.45) is 0.857. The number of carbonyl (C=O) groups excluding carboxylic acids is 2. The number of nitrogens with one attached hydrogen (secondary N) is 2. The fourth-order valence-corrected chi connectivity index (χ4v) is 3.77. The fraction of sp³-hybridized carbons (Fsp3) is 0.100. The minimum atomic E-state index is -5.36. The number of anilines is 3. The first kappa shape index (κ1) is 23.8. The topological polar surface area (TPSA) is 157 Å². The number of alkyl halides is 3. The van der Waals surface area contributed by atoms with Crippen molar-refractivity contribution in [2.45, 2.75) is 6.18 Å². The maximum Gasteiger partial charge on any atom is 0.493 e. The zero-order valence-corrected chi connectivity index (χ0v) is 19.3. The third-order valence-electron chi connectivity index (χ3n) is 4.71. The molecule has 2 N–H and O–H groups in total. The first-order valence-corrected chi connectivity index (χ1v) is 11.0. The summed E-state index contributed by atoms with van der Waals surface area (Å²) >= 11 is 1.07. The number of benzene rings is 1. The van der Waals surface area contributed by atoms with Crippen LogP contribution >= 0.6 is 11.3 Å². The number of hydrogen-bond acceptors (Lipinski definition) is 11. The molecule has 4 heterocycles. The Labute approximate surface area is 207 Å². The van der Waals surface area contributed by atoms with Crippen molar-refractivity contribution in [1.29, 1.82) is 0 Å². The van der Waals surface area contributed by atoms with E-state index in [0.717, 1.165) is 34.6 Å². The van der Waals surface area contributed by atoms with Crippen LogP contribution in [0.5, 0.6) is 0 Å². The molecule has 0 spiro atoms. The van der Waals surface area contributed by atoms with Gasteiger partial charge in [-0.05, 0) is 18.2 Å². The molecule has 0 aliphatic carbocycles. The molecule has 1 amide bonds. The molecule has 0 fully saturated rings. The number of hydrogen-bond donors (Lipinski definition) is 2. The van der Waals surface area contributed by atoms with Crippen molar-refractivity contribution in [2.75, 3.05) is 10.4 Å². The van der Waals surface area contributed by atoms with Crippen molar-refractivity contribution in [1.82, 2.24) is 40.1 Å². The van der Waals surface area contributed by atoms with E-state index in [4.69, 9.17) is 0 Å². The van der Waals surface area contributed by atoms with E-state index in [9.17, 15) is 22.8 Å². The molecule has 0 atom stereocenters. The maximum atomic E-state index is 12.9. The van der Waals surface area contributed by atoms with Crippen LogP contribution in [0.4, 0.5) is 29.8 Å². The lowest BCUT2D eigenvalue weighted by molar-refractivity contribution is -0.200. The first-order chi connectivity index (χ1) is 17.7. The molecule has 4 aromatic heterocycles. The summed E-state index contributed by atoms with van der Waals surface area (Å²) < 4.78 is 39.9. The van der Waals surface area contributed by atoms with Crippen LogP contribution in [0.1, 0.15) is 10.4 Å². The Morgan fingerprint density at radius 2 is 2.00 bits per heavy atom. The van der Waals surface area contributed by atoms with E-state index in [0.29, 0.717) is 10.8 Å². The van der Waals surface area contributed by atoms with Crippen LogP contribution in [0.15, 0.2) is 49.2 Å². The summed E-state index contributed by atoms with van der Waals surface area (Å²) in [5, 5.41) is 23.3. The third kappa shape index (κ3) is 5.06. The second-order valence-corrected chi connectivity index (χ2v) is 8.33. The number of rotatable bonds is 5. The van der Waals surface area contributed by atoms with Gasteiger partial charge in [0, 0.05) is 24.3 Å². The number of carbonyl (C=O) groups is 2. The van der Waals surface area contributed by atoms with Crippen molar-refractivity contribution in [3.63, 3.8) is 0 Å². The molecule has 5 aromatic rings. The molecule has 13 nitrogen and oxygen atoms in total. The van der Waals surface area contributed by atoms with Crippen molar-refractivity contribution < 1.29 is 27.6 Å². The van der Waals surface area contributed by atoms with Crippen LogP contribution in [0.3, 0.4) is 0 Å². The average Bonchev–Trinajstić information content (AvgIpc) is 3.62. The summed E-state index contributed by atoms with van der Waals surface area (Å²) in [7, 11) is 1.50.